The van der Waals surface area contributed by atoms with E-state index in [1.807, 2.05) is 0 Å². The third-order valence-electron chi connectivity index (χ3n) is 4.45. The van der Waals surface area contributed by atoms with Gasteiger partial charge in [-0.05, 0) is 24.0 Å². The molecule has 0 atom stereocenters. The molecule has 1 aliphatic carbocycles. The van der Waals surface area contributed by atoms with Crippen LogP contribution in [0.5, 0.6) is 0 Å². The van der Waals surface area contributed by atoms with Crippen molar-refractivity contribution in [1.82, 2.24) is 0 Å². The first kappa shape index (κ1) is 14.3. The molecule has 0 aliphatic heterocycles. The van der Waals surface area contributed by atoms with E-state index in [1.165, 1.54) is 43.2 Å². The molecule has 0 N–H and O–H groups in total. The Morgan fingerprint density at radius 3 is 1.81 bits per heavy atom. The molecule has 0 heterocycles. The average Bonchev–Trinajstić information content (AvgIpc) is 2.58. The lowest BCUT2D eigenvalue weighted by molar-refractivity contribution is 0.0244. The van der Waals surface area contributed by atoms with E-state index in [-0.39, 0.29) is 0 Å². The highest BCUT2D eigenvalue weighted by molar-refractivity contribution is 5.32. The maximum absolute atomic E-state index is 6.25. The standard InChI is InChI=1S/C20H24O/c1-4-10-17(11-5-1)20(18-12-6-2-7-13-18)16-21-19-14-8-3-9-15-19/h1-2,4-7,10-13,19-20H,3,8-9,14-16H2. The summed E-state index contributed by atoms with van der Waals surface area (Å²) >= 11 is 0. The molecule has 0 unspecified atom stereocenters. The van der Waals surface area contributed by atoms with Crippen LogP contribution in [0.1, 0.15) is 49.1 Å². The molecule has 0 bridgehead atoms. The Morgan fingerprint density at radius 1 is 0.762 bits per heavy atom. The third kappa shape index (κ3) is 3.95. The van der Waals surface area contributed by atoms with Gasteiger partial charge in [-0.1, -0.05) is 79.9 Å². The summed E-state index contributed by atoms with van der Waals surface area (Å²) in [4.78, 5) is 0. The smallest absolute Gasteiger partial charge is 0.0579 e. The summed E-state index contributed by atoms with van der Waals surface area (Å²) in [6.45, 7) is 0.790. The molecule has 21 heavy (non-hydrogen) atoms. The van der Waals surface area contributed by atoms with Gasteiger partial charge in [-0.15, -0.1) is 0 Å². The summed E-state index contributed by atoms with van der Waals surface area (Å²) in [5.74, 6) is 0.342. The first-order chi connectivity index (χ1) is 10.4. The highest BCUT2D eigenvalue weighted by atomic mass is 16.5. The Balaban J connectivity index is 1.73. The van der Waals surface area contributed by atoms with Gasteiger partial charge in [0.2, 0.25) is 0 Å². The summed E-state index contributed by atoms with van der Waals surface area (Å²) in [6.07, 6.45) is 6.96. The predicted octanol–water partition coefficient (Wildman–Crippen LogP) is 5.17. The zero-order valence-corrected chi connectivity index (χ0v) is 12.6. The largest absolute Gasteiger partial charge is 0.377 e. The summed E-state index contributed by atoms with van der Waals surface area (Å²) in [6, 6.07) is 21.5. The lowest BCUT2D eigenvalue weighted by atomic mass is 9.91. The molecule has 0 saturated heterocycles. The van der Waals surface area contributed by atoms with E-state index < -0.39 is 0 Å². The van der Waals surface area contributed by atoms with E-state index in [1.54, 1.807) is 0 Å². The molecule has 2 aromatic carbocycles. The van der Waals surface area contributed by atoms with Crippen molar-refractivity contribution < 1.29 is 4.74 Å². The molecule has 0 radical (unpaired) electrons. The molecule has 1 fully saturated rings. The van der Waals surface area contributed by atoms with Crippen molar-refractivity contribution in [1.29, 1.82) is 0 Å². The number of hydrogen-bond donors (Lipinski definition) is 0. The summed E-state index contributed by atoms with van der Waals surface area (Å²) in [5.41, 5.74) is 2.69. The van der Waals surface area contributed by atoms with E-state index in [9.17, 15) is 0 Å². The van der Waals surface area contributed by atoms with Gasteiger partial charge in [0.25, 0.3) is 0 Å². The van der Waals surface area contributed by atoms with Crippen molar-refractivity contribution in [2.45, 2.75) is 44.1 Å². The molecule has 1 aliphatic rings. The second-order valence-electron chi connectivity index (χ2n) is 5.97. The van der Waals surface area contributed by atoms with Crippen LogP contribution in [0, 0.1) is 0 Å². The van der Waals surface area contributed by atoms with Gasteiger partial charge in [0.05, 0.1) is 12.7 Å². The highest BCUT2D eigenvalue weighted by Gasteiger charge is 2.18. The lowest BCUT2D eigenvalue weighted by Crippen LogP contribution is -2.20. The Labute approximate surface area is 128 Å². The molecule has 3 rings (SSSR count). The second kappa shape index (κ2) is 7.42. The zero-order chi connectivity index (χ0) is 14.3. The van der Waals surface area contributed by atoms with Gasteiger partial charge in [-0.25, -0.2) is 0 Å². The van der Waals surface area contributed by atoms with Crippen molar-refractivity contribution in [3.63, 3.8) is 0 Å². The summed E-state index contributed by atoms with van der Waals surface area (Å²) < 4.78 is 6.25. The van der Waals surface area contributed by atoms with Gasteiger partial charge < -0.3 is 4.74 Å². The van der Waals surface area contributed by atoms with Crippen LogP contribution in [0.25, 0.3) is 0 Å². The fourth-order valence-corrected chi connectivity index (χ4v) is 3.22. The molecule has 2 aromatic rings. The van der Waals surface area contributed by atoms with E-state index >= 15 is 0 Å². The van der Waals surface area contributed by atoms with Crippen molar-refractivity contribution in [3.05, 3.63) is 71.8 Å². The predicted molar refractivity (Wildman–Crippen MR) is 87.6 cm³/mol. The number of rotatable bonds is 5. The van der Waals surface area contributed by atoms with Gasteiger partial charge in [0.15, 0.2) is 0 Å². The normalized spacial score (nSPS) is 16.2. The second-order valence-corrected chi connectivity index (χ2v) is 5.97. The van der Waals surface area contributed by atoms with Crippen molar-refractivity contribution in [2.75, 3.05) is 6.61 Å². The van der Waals surface area contributed by atoms with E-state index in [4.69, 9.17) is 4.74 Å². The van der Waals surface area contributed by atoms with Crippen molar-refractivity contribution >= 4 is 0 Å². The van der Waals surface area contributed by atoms with Crippen molar-refractivity contribution in [3.8, 4) is 0 Å². The maximum Gasteiger partial charge on any atom is 0.0579 e. The van der Waals surface area contributed by atoms with Crippen LogP contribution >= 0.6 is 0 Å². The van der Waals surface area contributed by atoms with Gasteiger partial charge >= 0.3 is 0 Å². The van der Waals surface area contributed by atoms with Crippen LogP contribution in [-0.4, -0.2) is 12.7 Å². The lowest BCUT2D eigenvalue weighted by Gasteiger charge is -2.25. The summed E-state index contributed by atoms with van der Waals surface area (Å²) in [7, 11) is 0. The van der Waals surface area contributed by atoms with E-state index in [0.29, 0.717) is 12.0 Å². The van der Waals surface area contributed by atoms with Crippen molar-refractivity contribution in [2.24, 2.45) is 0 Å². The molecule has 1 saturated carbocycles. The Bertz CT molecular complexity index is 475. The Morgan fingerprint density at radius 2 is 1.29 bits per heavy atom. The number of benzene rings is 2. The SMILES string of the molecule is c1ccc(C(COC2CCCCC2)c2ccccc2)cc1. The van der Waals surface area contributed by atoms with E-state index in [0.717, 1.165) is 6.61 Å². The molecule has 110 valence electrons. The minimum atomic E-state index is 0.342. The van der Waals surface area contributed by atoms with E-state index in [2.05, 4.69) is 60.7 Å². The minimum Gasteiger partial charge on any atom is -0.377 e. The quantitative estimate of drug-likeness (QED) is 0.734. The number of hydrogen-bond acceptors (Lipinski definition) is 1. The Hall–Kier alpha value is -1.60. The van der Waals surface area contributed by atoms with Gasteiger partial charge in [-0.2, -0.15) is 0 Å². The van der Waals surface area contributed by atoms with Crippen LogP contribution in [0.15, 0.2) is 60.7 Å². The minimum absolute atomic E-state index is 0.342. The molecular formula is C20H24O. The fraction of sp³-hybridized carbons (Fsp3) is 0.400. The number of ether oxygens (including phenoxy) is 1. The fourth-order valence-electron chi connectivity index (χ4n) is 3.22. The highest BCUT2D eigenvalue weighted by Crippen LogP contribution is 2.27. The Kier molecular flexibility index (Phi) is 5.07. The van der Waals surface area contributed by atoms with Crippen LogP contribution in [0.2, 0.25) is 0 Å². The van der Waals surface area contributed by atoms with Gasteiger partial charge in [-0.3, -0.25) is 0 Å². The molecular weight excluding hydrogens is 256 g/mol. The molecule has 0 spiro atoms. The first-order valence-electron chi connectivity index (χ1n) is 8.15. The zero-order valence-electron chi connectivity index (χ0n) is 12.6. The monoisotopic (exact) mass is 280 g/mol. The maximum atomic E-state index is 6.25. The van der Waals surface area contributed by atoms with Crippen LogP contribution in [0.3, 0.4) is 0 Å². The molecule has 0 aromatic heterocycles. The third-order valence-corrected chi connectivity index (χ3v) is 4.45. The first-order valence-corrected chi connectivity index (χ1v) is 8.15. The molecule has 1 heteroatoms. The topological polar surface area (TPSA) is 9.23 Å². The summed E-state index contributed by atoms with van der Waals surface area (Å²) in [5, 5.41) is 0. The van der Waals surface area contributed by atoms with Crippen LogP contribution in [0.4, 0.5) is 0 Å². The van der Waals surface area contributed by atoms with Gasteiger partial charge in [0, 0.05) is 5.92 Å². The molecule has 1 nitrogen and oxygen atoms in total. The van der Waals surface area contributed by atoms with Crippen LogP contribution in [-0.2, 0) is 4.74 Å². The molecule has 0 amide bonds. The average molecular weight is 280 g/mol. The van der Waals surface area contributed by atoms with Gasteiger partial charge in [0.1, 0.15) is 0 Å². The van der Waals surface area contributed by atoms with Crippen LogP contribution < -0.4 is 0 Å².